The highest BCUT2D eigenvalue weighted by Crippen LogP contribution is 2.23. The fourth-order valence-electron chi connectivity index (χ4n) is 3.23. The van der Waals surface area contributed by atoms with E-state index in [0.717, 1.165) is 58.1 Å². The molecular weight excluding hydrogens is 469 g/mol. The van der Waals surface area contributed by atoms with Crippen LogP contribution in [0.5, 0.6) is 0 Å². The van der Waals surface area contributed by atoms with Gasteiger partial charge in [-0.25, -0.2) is 4.98 Å². The van der Waals surface area contributed by atoms with Crippen molar-refractivity contribution in [2.75, 3.05) is 26.2 Å². The molecule has 1 amide bonds. The van der Waals surface area contributed by atoms with Gasteiger partial charge in [-0.2, -0.15) is 0 Å². The summed E-state index contributed by atoms with van der Waals surface area (Å²) in [6.45, 7) is 4.15. The molecular formula is C21H20IN3OS. The Bertz CT molecular complexity index is 920. The summed E-state index contributed by atoms with van der Waals surface area (Å²) in [7, 11) is 0. The molecule has 0 unspecified atom stereocenters. The zero-order valence-electron chi connectivity index (χ0n) is 14.8. The van der Waals surface area contributed by atoms with Gasteiger partial charge < -0.3 is 4.90 Å². The summed E-state index contributed by atoms with van der Waals surface area (Å²) in [6, 6.07) is 18.1. The van der Waals surface area contributed by atoms with Crippen LogP contribution >= 0.6 is 33.9 Å². The lowest BCUT2D eigenvalue weighted by atomic mass is 10.2. The van der Waals surface area contributed by atoms with E-state index in [-0.39, 0.29) is 5.91 Å². The van der Waals surface area contributed by atoms with Gasteiger partial charge in [0.05, 0.1) is 17.8 Å². The van der Waals surface area contributed by atoms with Crippen LogP contribution in [0.25, 0.3) is 11.3 Å². The van der Waals surface area contributed by atoms with Gasteiger partial charge in [0.15, 0.2) is 0 Å². The maximum Gasteiger partial charge on any atom is 0.255 e. The lowest BCUT2D eigenvalue weighted by Crippen LogP contribution is -2.48. The van der Waals surface area contributed by atoms with E-state index in [1.807, 2.05) is 47.4 Å². The van der Waals surface area contributed by atoms with E-state index in [1.165, 1.54) is 0 Å². The van der Waals surface area contributed by atoms with Crippen molar-refractivity contribution in [2.45, 2.75) is 6.54 Å². The lowest BCUT2D eigenvalue weighted by Gasteiger charge is -2.34. The van der Waals surface area contributed by atoms with Crippen LogP contribution in [0.15, 0.2) is 60.0 Å². The molecule has 0 spiro atoms. The first-order chi connectivity index (χ1) is 13.2. The molecule has 2 heterocycles. The van der Waals surface area contributed by atoms with Crippen molar-refractivity contribution in [3.05, 3.63) is 74.1 Å². The minimum atomic E-state index is 0.139. The van der Waals surface area contributed by atoms with Gasteiger partial charge in [-0.05, 0) is 34.7 Å². The number of aromatic nitrogens is 1. The highest BCUT2D eigenvalue weighted by Gasteiger charge is 2.23. The van der Waals surface area contributed by atoms with Crippen molar-refractivity contribution in [2.24, 2.45) is 0 Å². The first-order valence-corrected chi connectivity index (χ1v) is 10.9. The maximum absolute atomic E-state index is 12.7. The molecule has 4 nitrogen and oxygen atoms in total. The summed E-state index contributed by atoms with van der Waals surface area (Å²) in [5.41, 5.74) is 3.01. The van der Waals surface area contributed by atoms with Crippen LogP contribution in [-0.2, 0) is 6.54 Å². The van der Waals surface area contributed by atoms with Crippen LogP contribution < -0.4 is 0 Å². The third kappa shape index (κ3) is 4.39. The molecule has 1 saturated heterocycles. The van der Waals surface area contributed by atoms with Crippen LogP contribution in [0.2, 0.25) is 0 Å². The van der Waals surface area contributed by atoms with Gasteiger partial charge in [-0.1, -0.05) is 42.5 Å². The first kappa shape index (κ1) is 18.6. The number of benzene rings is 2. The van der Waals surface area contributed by atoms with Crippen LogP contribution in [-0.4, -0.2) is 46.9 Å². The predicted octanol–water partition coefficient (Wildman–Crippen LogP) is 4.37. The molecule has 4 rings (SSSR count). The quantitative estimate of drug-likeness (QED) is 0.511. The molecule has 1 aromatic heterocycles. The molecule has 27 heavy (non-hydrogen) atoms. The number of piperazine rings is 1. The van der Waals surface area contributed by atoms with Crippen molar-refractivity contribution < 1.29 is 4.79 Å². The van der Waals surface area contributed by atoms with E-state index in [1.54, 1.807) is 11.3 Å². The molecule has 1 fully saturated rings. The largest absolute Gasteiger partial charge is 0.336 e. The number of nitrogens with zero attached hydrogens (tertiary/aromatic N) is 3. The number of carbonyl (C=O) groups excluding carboxylic acids is 1. The molecule has 1 aliphatic heterocycles. The summed E-state index contributed by atoms with van der Waals surface area (Å²) < 4.78 is 1.01. The van der Waals surface area contributed by atoms with Gasteiger partial charge in [0.1, 0.15) is 5.01 Å². The molecule has 1 aliphatic rings. The van der Waals surface area contributed by atoms with E-state index >= 15 is 0 Å². The maximum atomic E-state index is 12.7. The van der Waals surface area contributed by atoms with Gasteiger partial charge >= 0.3 is 0 Å². The zero-order chi connectivity index (χ0) is 18.6. The normalized spacial score (nSPS) is 15.1. The first-order valence-electron chi connectivity index (χ1n) is 8.97. The molecule has 0 N–H and O–H groups in total. The number of amides is 1. The van der Waals surface area contributed by atoms with Crippen molar-refractivity contribution >= 4 is 39.8 Å². The van der Waals surface area contributed by atoms with Crippen LogP contribution in [0.1, 0.15) is 15.4 Å². The number of halogens is 1. The Balaban J connectivity index is 1.34. The Hall–Kier alpha value is -1.77. The topological polar surface area (TPSA) is 36.4 Å². The summed E-state index contributed by atoms with van der Waals surface area (Å²) >= 11 is 3.94. The fraction of sp³-hybridized carbons (Fsp3) is 0.238. The average molecular weight is 489 g/mol. The molecule has 138 valence electrons. The third-order valence-corrected chi connectivity index (χ3v) is 6.52. The molecule has 6 heteroatoms. The van der Waals surface area contributed by atoms with Gasteiger partial charge in [0.2, 0.25) is 0 Å². The molecule has 0 radical (unpaired) electrons. The Morgan fingerprint density at radius 1 is 1.00 bits per heavy atom. The van der Waals surface area contributed by atoms with E-state index in [4.69, 9.17) is 4.98 Å². The van der Waals surface area contributed by atoms with Crippen molar-refractivity contribution in [1.82, 2.24) is 14.8 Å². The second-order valence-corrected chi connectivity index (χ2v) is 8.65. The van der Waals surface area contributed by atoms with Crippen molar-refractivity contribution in [3.8, 4) is 11.3 Å². The number of hydrogen-bond donors (Lipinski definition) is 0. The van der Waals surface area contributed by atoms with Gasteiger partial charge in [0, 0.05) is 40.7 Å². The minimum Gasteiger partial charge on any atom is -0.336 e. The molecule has 0 bridgehead atoms. The van der Waals surface area contributed by atoms with Crippen LogP contribution in [0.4, 0.5) is 0 Å². The third-order valence-electron chi connectivity index (χ3n) is 4.74. The summed E-state index contributed by atoms with van der Waals surface area (Å²) in [6.07, 6.45) is 0. The Labute approximate surface area is 177 Å². The van der Waals surface area contributed by atoms with E-state index in [9.17, 15) is 4.79 Å². The SMILES string of the molecule is O=C(c1ccccc1I)N1CCN(Cc2nc(-c3ccccc3)cs2)CC1. The number of hydrogen-bond acceptors (Lipinski definition) is 4. The Kier molecular flexibility index (Phi) is 5.85. The average Bonchev–Trinajstić information content (AvgIpc) is 3.18. The van der Waals surface area contributed by atoms with Crippen molar-refractivity contribution in [1.29, 1.82) is 0 Å². The predicted molar refractivity (Wildman–Crippen MR) is 118 cm³/mol. The van der Waals surface area contributed by atoms with E-state index < -0.39 is 0 Å². The fourth-order valence-corrected chi connectivity index (χ4v) is 4.69. The zero-order valence-corrected chi connectivity index (χ0v) is 17.8. The second kappa shape index (κ2) is 8.50. The smallest absolute Gasteiger partial charge is 0.255 e. The van der Waals surface area contributed by atoms with Crippen molar-refractivity contribution in [3.63, 3.8) is 0 Å². The molecule has 0 aliphatic carbocycles. The van der Waals surface area contributed by atoms with Gasteiger partial charge in [0.25, 0.3) is 5.91 Å². The van der Waals surface area contributed by atoms with E-state index in [2.05, 4.69) is 45.0 Å². The number of thiazole rings is 1. The lowest BCUT2D eigenvalue weighted by molar-refractivity contribution is 0.0627. The molecule has 3 aromatic rings. The molecule has 0 atom stereocenters. The highest BCUT2D eigenvalue weighted by molar-refractivity contribution is 14.1. The van der Waals surface area contributed by atoms with Gasteiger partial charge in [-0.3, -0.25) is 9.69 Å². The Morgan fingerprint density at radius 2 is 1.70 bits per heavy atom. The number of rotatable bonds is 4. The summed E-state index contributed by atoms with van der Waals surface area (Å²) in [5, 5.41) is 3.26. The Morgan fingerprint density at radius 3 is 2.44 bits per heavy atom. The number of carbonyl (C=O) groups is 1. The van der Waals surface area contributed by atoms with Crippen LogP contribution in [0.3, 0.4) is 0 Å². The monoisotopic (exact) mass is 489 g/mol. The van der Waals surface area contributed by atoms with Gasteiger partial charge in [-0.15, -0.1) is 11.3 Å². The minimum absolute atomic E-state index is 0.139. The summed E-state index contributed by atoms with van der Waals surface area (Å²) in [4.78, 5) is 21.9. The standard InChI is InChI=1S/C21H20IN3OS/c22-18-9-5-4-8-17(18)21(26)25-12-10-24(11-13-25)14-20-23-19(15-27-20)16-6-2-1-3-7-16/h1-9,15H,10-14H2. The molecule has 2 aromatic carbocycles. The molecule has 0 saturated carbocycles. The van der Waals surface area contributed by atoms with Crippen LogP contribution in [0, 0.1) is 3.57 Å². The van der Waals surface area contributed by atoms with E-state index in [0.29, 0.717) is 0 Å². The second-order valence-electron chi connectivity index (χ2n) is 6.54. The summed E-state index contributed by atoms with van der Waals surface area (Å²) in [5.74, 6) is 0.139. The highest BCUT2D eigenvalue weighted by atomic mass is 127.